The zero-order chi connectivity index (χ0) is 26.3. The fourth-order valence-corrected chi connectivity index (χ4v) is 5.37. The number of aromatic hydroxyl groups is 1. The van der Waals surface area contributed by atoms with Crippen molar-refractivity contribution in [1.82, 2.24) is 0 Å². The van der Waals surface area contributed by atoms with Crippen LogP contribution in [0.2, 0.25) is 0 Å². The minimum absolute atomic E-state index is 0.0576. The van der Waals surface area contributed by atoms with Gasteiger partial charge in [-0.3, -0.25) is 0 Å². The highest BCUT2D eigenvalue weighted by molar-refractivity contribution is 5.45. The van der Waals surface area contributed by atoms with Crippen molar-refractivity contribution >= 4 is 0 Å². The number of hydrogen-bond acceptors (Lipinski definition) is 11. The van der Waals surface area contributed by atoms with Crippen LogP contribution in [0.4, 0.5) is 0 Å². The molecule has 0 bridgehead atoms. The lowest BCUT2D eigenvalue weighted by molar-refractivity contribution is -0.277. The van der Waals surface area contributed by atoms with Crippen LogP contribution in [0.3, 0.4) is 0 Å². The molecule has 3 heterocycles. The molecule has 3 aliphatic rings. The third kappa shape index (κ3) is 4.72. The van der Waals surface area contributed by atoms with Gasteiger partial charge in [-0.2, -0.15) is 0 Å². The summed E-state index contributed by atoms with van der Waals surface area (Å²) in [4.78, 5) is 0. The fourth-order valence-electron chi connectivity index (χ4n) is 5.37. The number of methoxy groups -OCH3 is 2. The van der Waals surface area contributed by atoms with Crippen LogP contribution in [0.5, 0.6) is 23.0 Å². The molecule has 5 rings (SSSR count). The second-order valence-corrected chi connectivity index (χ2v) is 9.49. The highest BCUT2D eigenvalue weighted by Gasteiger charge is 2.49. The summed E-state index contributed by atoms with van der Waals surface area (Å²) in [6, 6.07) is 10.5. The monoisotopic (exact) mass is 520 g/mol. The van der Waals surface area contributed by atoms with Gasteiger partial charge in [0.05, 0.1) is 46.2 Å². The van der Waals surface area contributed by atoms with Crippen molar-refractivity contribution in [3.05, 3.63) is 47.5 Å². The van der Waals surface area contributed by atoms with E-state index in [0.717, 1.165) is 11.1 Å². The van der Waals surface area contributed by atoms with Crippen molar-refractivity contribution < 1.29 is 54.0 Å². The van der Waals surface area contributed by atoms with E-state index in [0.29, 0.717) is 24.7 Å². The number of aliphatic hydroxyl groups is 4. The molecule has 11 heteroatoms. The molecule has 0 spiro atoms. The molecular formula is C26H32O11. The SMILES string of the molecule is COc1ccc([C@@H]2OC[C@@H]3[C@H]2CO[C@H]3c2ccc(O[C@@H]3O[C@H](CO)[C@@H](O)[C@H](O)[C@H]3O)c(OC)c2)cc1O. The number of fused-ring (bicyclic) bond motifs is 1. The van der Waals surface area contributed by atoms with Crippen molar-refractivity contribution in [3.8, 4) is 23.0 Å². The molecule has 0 aliphatic carbocycles. The molecule has 2 aromatic carbocycles. The summed E-state index contributed by atoms with van der Waals surface area (Å²) < 4.78 is 34.2. The summed E-state index contributed by atoms with van der Waals surface area (Å²) in [5.41, 5.74) is 1.71. The Balaban J connectivity index is 1.31. The van der Waals surface area contributed by atoms with Crippen LogP contribution in [0, 0.1) is 11.8 Å². The maximum atomic E-state index is 10.3. The average Bonchev–Trinajstić information content (AvgIpc) is 3.51. The predicted molar refractivity (Wildman–Crippen MR) is 126 cm³/mol. The number of phenolic OH excluding ortho intramolecular Hbond substituents is 1. The first-order valence-electron chi connectivity index (χ1n) is 12.1. The number of aliphatic hydroxyl groups excluding tert-OH is 4. The number of benzene rings is 2. The van der Waals surface area contributed by atoms with Crippen molar-refractivity contribution in [1.29, 1.82) is 0 Å². The molecule has 0 unspecified atom stereocenters. The first-order chi connectivity index (χ1) is 17.9. The molecule has 0 saturated carbocycles. The molecule has 5 N–H and O–H groups in total. The number of hydrogen-bond donors (Lipinski definition) is 5. The van der Waals surface area contributed by atoms with E-state index >= 15 is 0 Å². The Morgan fingerprint density at radius 2 is 1.38 bits per heavy atom. The topological polar surface area (TPSA) is 157 Å². The molecule has 9 atom stereocenters. The first-order valence-corrected chi connectivity index (χ1v) is 12.1. The van der Waals surface area contributed by atoms with Gasteiger partial charge in [0.25, 0.3) is 0 Å². The molecule has 3 saturated heterocycles. The Labute approximate surface area is 213 Å². The van der Waals surface area contributed by atoms with Gasteiger partial charge in [-0.15, -0.1) is 0 Å². The molecule has 3 aliphatic heterocycles. The maximum Gasteiger partial charge on any atom is 0.229 e. The third-order valence-electron chi connectivity index (χ3n) is 7.40. The van der Waals surface area contributed by atoms with Crippen LogP contribution in [0.1, 0.15) is 23.3 Å². The Morgan fingerprint density at radius 1 is 0.784 bits per heavy atom. The van der Waals surface area contributed by atoms with Crippen LogP contribution >= 0.6 is 0 Å². The molecule has 3 fully saturated rings. The van der Waals surface area contributed by atoms with Gasteiger partial charge in [-0.25, -0.2) is 0 Å². The molecule has 0 radical (unpaired) electrons. The summed E-state index contributed by atoms with van der Waals surface area (Å²) in [7, 11) is 2.98. The molecule has 0 amide bonds. The van der Waals surface area contributed by atoms with E-state index in [1.54, 1.807) is 24.3 Å². The number of ether oxygens (including phenoxy) is 6. The van der Waals surface area contributed by atoms with Crippen LogP contribution in [0.25, 0.3) is 0 Å². The average molecular weight is 521 g/mol. The maximum absolute atomic E-state index is 10.3. The zero-order valence-electron chi connectivity index (χ0n) is 20.5. The molecule has 11 nitrogen and oxygen atoms in total. The third-order valence-corrected chi connectivity index (χ3v) is 7.40. The molecule has 202 valence electrons. The van der Waals surface area contributed by atoms with Gasteiger partial charge in [-0.05, 0) is 35.4 Å². The fraction of sp³-hybridized carbons (Fsp3) is 0.538. The van der Waals surface area contributed by atoms with E-state index in [2.05, 4.69) is 0 Å². The predicted octanol–water partition coefficient (Wildman–Crippen LogP) is 0.663. The minimum Gasteiger partial charge on any atom is -0.504 e. The van der Waals surface area contributed by atoms with E-state index in [4.69, 9.17) is 28.4 Å². The molecule has 0 aromatic heterocycles. The molecular weight excluding hydrogens is 488 g/mol. The summed E-state index contributed by atoms with van der Waals surface area (Å²) in [6.45, 7) is 0.415. The molecule has 37 heavy (non-hydrogen) atoms. The van der Waals surface area contributed by atoms with Crippen LogP contribution in [-0.4, -0.2) is 90.3 Å². The van der Waals surface area contributed by atoms with Crippen LogP contribution in [0.15, 0.2) is 36.4 Å². The van der Waals surface area contributed by atoms with Gasteiger partial charge < -0.3 is 54.0 Å². The van der Waals surface area contributed by atoms with Crippen molar-refractivity contribution in [2.45, 2.75) is 42.9 Å². The summed E-state index contributed by atoms with van der Waals surface area (Å²) >= 11 is 0. The Kier molecular flexibility index (Phi) is 7.46. The van der Waals surface area contributed by atoms with E-state index in [9.17, 15) is 25.5 Å². The van der Waals surface area contributed by atoms with Gasteiger partial charge in [-0.1, -0.05) is 12.1 Å². The van der Waals surface area contributed by atoms with E-state index in [-0.39, 0.29) is 35.5 Å². The van der Waals surface area contributed by atoms with E-state index in [1.165, 1.54) is 14.2 Å². The lowest BCUT2D eigenvalue weighted by Gasteiger charge is -2.39. The van der Waals surface area contributed by atoms with Gasteiger partial charge in [0.2, 0.25) is 6.29 Å². The quantitative estimate of drug-likeness (QED) is 0.349. The normalized spacial score (nSPS) is 35.2. The van der Waals surface area contributed by atoms with Gasteiger partial charge in [0, 0.05) is 11.8 Å². The Morgan fingerprint density at radius 3 is 1.95 bits per heavy atom. The highest BCUT2D eigenvalue weighted by atomic mass is 16.7. The molecule has 2 aromatic rings. The smallest absolute Gasteiger partial charge is 0.229 e. The second-order valence-electron chi connectivity index (χ2n) is 9.49. The highest BCUT2D eigenvalue weighted by Crippen LogP contribution is 2.51. The van der Waals surface area contributed by atoms with Crippen molar-refractivity contribution in [2.24, 2.45) is 11.8 Å². The number of phenols is 1. The first kappa shape index (κ1) is 26.0. The van der Waals surface area contributed by atoms with Gasteiger partial charge in [0.15, 0.2) is 23.0 Å². The largest absolute Gasteiger partial charge is 0.504 e. The zero-order valence-corrected chi connectivity index (χ0v) is 20.5. The van der Waals surface area contributed by atoms with E-state index < -0.39 is 37.3 Å². The summed E-state index contributed by atoms with van der Waals surface area (Å²) in [6.07, 6.45) is -7.44. The van der Waals surface area contributed by atoms with Gasteiger partial charge >= 0.3 is 0 Å². The number of rotatable bonds is 7. The van der Waals surface area contributed by atoms with Gasteiger partial charge in [0.1, 0.15) is 24.4 Å². The lowest BCUT2D eigenvalue weighted by atomic mass is 9.85. The summed E-state index contributed by atoms with van der Waals surface area (Å²) in [5, 5.41) is 49.9. The van der Waals surface area contributed by atoms with Crippen LogP contribution < -0.4 is 14.2 Å². The lowest BCUT2D eigenvalue weighted by Crippen LogP contribution is -2.60. The Bertz CT molecular complexity index is 1090. The second kappa shape index (κ2) is 10.6. The van der Waals surface area contributed by atoms with Crippen LogP contribution in [-0.2, 0) is 14.2 Å². The van der Waals surface area contributed by atoms with E-state index in [1.807, 2.05) is 12.1 Å². The van der Waals surface area contributed by atoms with Crippen molar-refractivity contribution in [3.63, 3.8) is 0 Å². The summed E-state index contributed by atoms with van der Waals surface area (Å²) in [5.74, 6) is 1.24. The van der Waals surface area contributed by atoms with Crippen molar-refractivity contribution in [2.75, 3.05) is 34.0 Å². The standard InChI is InChI=1S/C26H32O11/c1-32-17-5-3-12(7-16(17)28)24-14-10-35-25(15(14)11-34-24)13-4-6-18(19(8-13)33-2)36-26-23(31)22(30)21(29)20(9-27)37-26/h3-8,14-15,20-31H,9-11H2,1-2H3/t14-,15-,20-,21-,22+,23-,24+,25+,26-/m1/s1. The minimum atomic E-state index is -1.55. The Hall–Kier alpha value is -2.64.